The van der Waals surface area contributed by atoms with E-state index in [0.717, 1.165) is 0 Å². The highest BCUT2D eigenvalue weighted by Crippen LogP contribution is 2.17. The maximum Gasteiger partial charge on any atom is 0.310 e. The van der Waals surface area contributed by atoms with E-state index in [1.54, 1.807) is 6.92 Å². The smallest absolute Gasteiger partial charge is 0.310 e. The summed E-state index contributed by atoms with van der Waals surface area (Å²) in [6, 6.07) is 5.37. The molecule has 0 aliphatic carbocycles. The number of carbonyl (C=O) groups is 1. The summed E-state index contributed by atoms with van der Waals surface area (Å²) >= 11 is 0. The summed E-state index contributed by atoms with van der Waals surface area (Å²) in [5.74, 6) is -0.0405. The SMILES string of the molecule is CCC(=O)Oc1ccc([N+](=O)[O-])cc1. The Morgan fingerprint density at radius 2 is 2.00 bits per heavy atom. The van der Waals surface area contributed by atoms with Gasteiger partial charge in [0.15, 0.2) is 0 Å². The Balaban J connectivity index is 2.73. The summed E-state index contributed by atoms with van der Waals surface area (Å²) in [6.45, 7) is 1.67. The lowest BCUT2D eigenvalue weighted by molar-refractivity contribution is -0.384. The number of nitro benzene ring substituents is 1. The van der Waals surface area contributed by atoms with Crippen LogP contribution in [0.5, 0.6) is 5.75 Å². The number of hydrogen-bond acceptors (Lipinski definition) is 4. The highest BCUT2D eigenvalue weighted by molar-refractivity contribution is 5.71. The van der Waals surface area contributed by atoms with Crippen molar-refractivity contribution in [1.29, 1.82) is 0 Å². The zero-order valence-corrected chi connectivity index (χ0v) is 7.60. The van der Waals surface area contributed by atoms with Crippen molar-refractivity contribution >= 4 is 11.7 Å². The fourth-order valence-corrected chi connectivity index (χ4v) is 0.840. The Hall–Kier alpha value is -1.91. The van der Waals surface area contributed by atoms with Crippen molar-refractivity contribution in [3.8, 4) is 5.75 Å². The second-order valence-corrected chi connectivity index (χ2v) is 2.58. The molecule has 5 heteroatoms. The Morgan fingerprint density at radius 3 is 2.43 bits per heavy atom. The summed E-state index contributed by atoms with van der Waals surface area (Å²) in [5.41, 5.74) is -0.0266. The van der Waals surface area contributed by atoms with Crippen LogP contribution in [0, 0.1) is 10.1 Å². The minimum Gasteiger partial charge on any atom is -0.427 e. The largest absolute Gasteiger partial charge is 0.427 e. The standard InChI is InChI=1S/C9H9NO4/c1-2-9(11)14-8-5-3-7(4-6-8)10(12)13/h3-6H,2H2,1H3. The molecule has 0 heterocycles. The third-order valence-corrected chi connectivity index (χ3v) is 1.57. The molecule has 14 heavy (non-hydrogen) atoms. The van der Waals surface area contributed by atoms with Crippen LogP contribution in [0.3, 0.4) is 0 Å². The molecule has 0 bridgehead atoms. The first-order valence-electron chi connectivity index (χ1n) is 4.08. The molecular weight excluding hydrogens is 186 g/mol. The fraction of sp³-hybridized carbons (Fsp3) is 0.222. The first kappa shape index (κ1) is 10.2. The number of benzene rings is 1. The molecule has 0 spiro atoms. The molecule has 0 saturated carbocycles. The quantitative estimate of drug-likeness (QED) is 0.319. The van der Waals surface area contributed by atoms with Crippen molar-refractivity contribution in [2.24, 2.45) is 0 Å². The number of nitro groups is 1. The molecular formula is C9H9NO4. The Morgan fingerprint density at radius 1 is 1.43 bits per heavy atom. The van der Waals surface area contributed by atoms with Crippen LogP contribution in [-0.4, -0.2) is 10.9 Å². The van der Waals surface area contributed by atoms with Crippen LogP contribution in [0.25, 0.3) is 0 Å². The van der Waals surface area contributed by atoms with Crippen molar-refractivity contribution in [1.82, 2.24) is 0 Å². The molecule has 0 fully saturated rings. The van der Waals surface area contributed by atoms with Crippen molar-refractivity contribution in [3.63, 3.8) is 0 Å². The second kappa shape index (κ2) is 4.36. The third-order valence-electron chi connectivity index (χ3n) is 1.57. The van der Waals surface area contributed by atoms with Crippen LogP contribution in [0.4, 0.5) is 5.69 Å². The van der Waals surface area contributed by atoms with Crippen LogP contribution in [0.2, 0.25) is 0 Å². The van der Waals surface area contributed by atoms with Gasteiger partial charge in [0.05, 0.1) is 4.92 Å². The highest BCUT2D eigenvalue weighted by Gasteiger charge is 2.06. The maximum atomic E-state index is 10.8. The number of nitrogens with zero attached hydrogens (tertiary/aromatic N) is 1. The van der Waals surface area contributed by atoms with Crippen molar-refractivity contribution < 1.29 is 14.5 Å². The van der Waals surface area contributed by atoms with E-state index in [-0.39, 0.29) is 18.1 Å². The van der Waals surface area contributed by atoms with E-state index in [9.17, 15) is 14.9 Å². The fourth-order valence-electron chi connectivity index (χ4n) is 0.840. The molecule has 0 aliphatic heterocycles. The number of ether oxygens (including phenoxy) is 1. The van der Waals surface area contributed by atoms with Crippen molar-refractivity contribution in [2.75, 3.05) is 0 Å². The van der Waals surface area contributed by atoms with Gasteiger partial charge < -0.3 is 4.74 Å². The molecule has 5 nitrogen and oxygen atoms in total. The van der Waals surface area contributed by atoms with E-state index in [1.807, 2.05) is 0 Å². The van der Waals surface area contributed by atoms with Crippen LogP contribution >= 0.6 is 0 Å². The Kier molecular flexibility index (Phi) is 3.17. The van der Waals surface area contributed by atoms with Gasteiger partial charge in [-0.05, 0) is 12.1 Å². The normalized spacial score (nSPS) is 9.50. The van der Waals surface area contributed by atoms with Gasteiger partial charge in [0, 0.05) is 18.6 Å². The first-order valence-corrected chi connectivity index (χ1v) is 4.08. The molecule has 74 valence electrons. The van der Waals surface area contributed by atoms with Gasteiger partial charge in [0.25, 0.3) is 5.69 Å². The van der Waals surface area contributed by atoms with Crippen molar-refractivity contribution in [2.45, 2.75) is 13.3 Å². The summed E-state index contributed by atoms with van der Waals surface area (Å²) in [5, 5.41) is 10.3. The minimum absolute atomic E-state index is 0.0266. The van der Waals surface area contributed by atoms with Gasteiger partial charge in [-0.3, -0.25) is 14.9 Å². The van der Waals surface area contributed by atoms with Crippen LogP contribution in [0.1, 0.15) is 13.3 Å². The summed E-state index contributed by atoms with van der Waals surface area (Å²) in [4.78, 5) is 20.6. The number of hydrogen-bond donors (Lipinski definition) is 0. The maximum absolute atomic E-state index is 10.8. The molecule has 0 atom stereocenters. The van der Waals surface area contributed by atoms with Crippen LogP contribution in [0.15, 0.2) is 24.3 Å². The van der Waals surface area contributed by atoms with Gasteiger partial charge in [0.2, 0.25) is 0 Å². The van der Waals surface area contributed by atoms with E-state index in [0.29, 0.717) is 5.75 Å². The number of carbonyl (C=O) groups excluding carboxylic acids is 1. The molecule has 1 rings (SSSR count). The monoisotopic (exact) mass is 195 g/mol. The number of rotatable bonds is 3. The first-order chi connectivity index (χ1) is 6.63. The third kappa shape index (κ3) is 2.55. The van der Waals surface area contributed by atoms with E-state index < -0.39 is 4.92 Å². The van der Waals surface area contributed by atoms with E-state index in [1.165, 1.54) is 24.3 Å². The molecule has 0 aromatic heterocycles. The van der Waals surface area contributed by atoms with Crippen molar-refractivity contribution in [3.05, 3.63) is 34.4 Å². The Labute approximate surface area is 80.5 Å². The van der Waals surface area contributed by atoms with Crippen LogP contribution < -0.4 is 4.74 Å². The molecule has 0 unspecified atom stereocenters. The van der Waals surface area contributed by atoms with Crippen LogP contribution in [-0.2, 0) is 4.79 Å². The minimum atomic E-state index is -0.509. The number of non-ortho nitro benzene ring substituents is 1. The molecule has 0 aliphatic rings. The average Bonchev–Trinajstić information content (AvgIpc) is 2.18. The lowest BCUT2D eigenvalue weighted by atomic mass is 10.3. The summed E-state index contributed by atoms with van der Waals surface area (Å²) in [7, 11) is 0. The molecule has 0 amide bonds. The van der Waals surface area contributed by atoms with E-state index in [4.69, 9.17) is 4.74 Å². The molecule has 0 radical (unpaired) electrons. The molecule has 0 N–H and O–H groups in total. The summed E-state index contributed by atoms with van der Waals surface area (Å²) < 4.78 is 4.84. The second-order valence-electron chi connectivity index (χ2n) is 2.58. The molecule has 1 aromatic carbocycles. The lowest BCUT2D eigenvalue weighted by Gasteiger charge is -2.00. The molecule has 0 saturated heterocycles. The summed E-state index contributed by atoms with van der Waals surface area (Å²) in [6.07, 6.45) is 0.275. The van der Waals surface area contributed by atoms with Gasteiger partial charge in [-0.15, -0.1) is 0 Å². The predicted molar refractivity (Wildman–Crippen MR) is 49.0 cm³/mol. The Bertz CT molecular complexity index is 344. The molecule has 1 aromatic rings. The van der Waals surface area contributed by atoms with Gasteiger partial charge in [-0.1, -0.05) is 6.92 Å². The highest BCUT2D eigenvalue weighted by atomic mass is 16.6. The predicted octanol–water partition coefficient (Wildman–Crippen LogP) is 1.91. The zero-order valence-electron chi connectivity index (χ0n) is 7.60. The number of esters is 1. The van der Waals surface area contributed by atoms with Gasteiger partial charge in [-0.25, -0.2) is 0 Å². The lowest BCUT2D eigenvalue weighted by Crippen LogP contribution is -2.05. The average molecular weight is 195 g/mol. The van der Waals surface area contributed by atoms with E-state index >= 15 is 0 Å². The topological polar surface area (TPSA) is 69.4 Å². The van der Waals surface area contributed by atoms with Gasteiger partial charge in [0.1, 0.15) is 5.75 Å². The van der Waals surface area contributed by atoms with Gasteiger partial charge in [-0.2, -0.15) is 0 Å². The van der Waals surface area contributed by atoms with Gasteiger partial charge >= 0.3 is 5.97 Å². The van der Waals surface area contributed by atoms with E-state index in [2.05, 4.69) is 0 Å². The zero-order chi connectivity index (χ0) is 10.6.